The van der Waals surface area contributed by atoms with Gasteiger partial charge in [0, 0.05) is 25.7 Å². The van der Waals surface area contributed by atoms with Crippen LogP contribution in [0.2, 0.25) is 0 Å². The number of aliphatic hydroxyl groups is 1. The van der Waals surface area contributed by atoms with Crippen molar-refractivity contribution in [3.05, 3.63) is 47.1 Å². The van der Waals surface area contributed by atoms with Gasteiger partial charge in [-0.1, -0.05) is 32.1 Å². The number of carbonyl (C=O) groups excluding carboxylic acids is 2. The van der Waals surface area contributed by atoms with Crippen LogP contribution in [0.15, 0.2) is 41.5 Å². The van der Waals surface area contributed by atoms with Crippen LogP contribution in [-0.4, -0.2) is 60.8 Å². The maximum atomic E-state index is 12.8. The zero-order valence-corrected chi connectivity index (χ0v) is 22.7. The van der Waals surface area contributed by atoms with E-state index in [1.165, 1.54) is 7.11 Å². The number of anilines is 1. The van der Waals surface area contributed by atoms with Crippen LogP contribution in [0.3, 0.4) is 0 Å². The van der Waals surface area contributed by atoms with Crippen molar-refractivity contribution < 1.29 is 34.0 Å². The van der Waals surface area contributed by atoms with E-state index >= 15 is 0 Å². The number of nitrogens with two attached hydrogens (primary N) is 1. The standard InChI is InChI=1S/C28H42N2O7/c1-16-12-20-10-11-22(31)21(15-20)30-27(33)17(2)8-7-9-23(35-5)26(37-28(29)34)19(4)14-18(3)25(32)24(13-16)36-6/h8,10-11,14-16,18,23-26,31-32H,7,9,12-13H2,1-6H3,(H2,29,34)(H,30,33)/t16-,18+,23+,24+,25-,26+/m1/s1. The van der Waals surface area contributed by atoms with Gasteiger partial charge in [-0.05, 0) is 68.7 Å². The van der Waals surface area contributed by atoms with E-state index in [9.17, 15) is 19.8 Å². The van der Waals surface area contributed by atoms with Crippen LogP contribution in [0.5, 0.6) is 5.75 Å². The van der Waals surface area contributed by atoms with E-state index in [0.29, 0.717) is 42.5 Å². The van der Waals surface area contributed by atoms with Crippen molar-refractivity contribution in [1.29, 1.82) is 0 Å². The van der Waals surface area contributed by atoms with Crippen molar-refractivity contribution in [3.8, 4) is 5.75 Å². The molecule has 1 aromatic carbocycles. The quantitative estimate of drug-likeness (QED) is 0.349. The molecule has 0 unspecified atom stereocenters. The number of fused-ring (bicyclic) bond motifs is 2. The lowest BCUT2D eigenvalue weighted by Crippen LogP contribution is -2.37. The van der Waals surface area contributed by atoms with E-state index in [-0.39, 0.29) is 23.5 Å². The molecule has 0 aromatic heterocycles. The average Bonchev–Trinajstić information content (AvgIpc) is 2.84. The van der Waals surface area contributed by atoms with E-state index in [2.05, 4.69) is 12.2 Å². The minimum Gasteiger partial charge on any atom is -0.506 e. The van der Waals surface area contributed by atoms with Crippen molar-refractivity contribution >= 4 is 17.7 Å². The highest BCUT2D eigenvalue weighted by Gasteiger charge is 2.30. The number of rotatable bonds is 3. The van der Waals surface area contributed by atoms with Gasteiger partial charge in [0.25, 0.3) is 5.91 Å². The fraction of sp³-hybridized carbons (Fsp3) is 0.571. The molecule has 1 aromatic rings. The number of ether oxygens (including phenoxy) is 3. The van der Waals surface area contributed by atoms with Crippen LogP contribution in [0.25, 0.3) is 0 Å². The molecule has 2 bridgehead atoms. The van der Waals surface area contributed by atoms with Crippen LogP contribution >= 0.6 is 0 Å². The SMILES string of the molecule is CO[C@H]1C[C@H](C)Cc2ccc(O)c(c2)NC(=O)C(C)=CCC[C@H](OC)[C@@H](OC(N)=O)C(C)=C[C@H](C)[C@H]1O. The maximum absolute atomic E-state index is 12.8. The molecule has 0 fully saturated rings. The van der Waals surface area contributed by atoms with Crippen LogP contribution in [0, 0.1) is 11.8 Å². The number of hydrogen-bond donors (Lipinski definition) is 4. The Bertz CT molecular complexity index is 991. The number of phenols is 1. The minimum absolute atomic E-state index is 0.0186. The van der Waals surface area contributed by atoms with Crippen LogP contribution in [-0.2, 0) is 25.4 Å². The zero-order valence-electron chi connectivity index (χ0n) is 22.7. The van der Waals surface area contributed by atoms with Gasteiger partial charge in [-0.15, -0.1) is 0 Å². The van der Waals surface area contributed by atoms with Crippen LogP contribution in [0.4, 0.5) is 10.5 Å². The summed E-state index contributed by atoms with van der Waals surface area (Å²) in [4.78, 5) is 24.5. The third-order valence-corrected chi connectivity index (χ3v) is 6.87. The van der Waals surface area contributed by atoms with E-state index in [1.54, 1.807) is 32.2 Å². The molecule has 0 radical (unpaired) electrons. The highest BCUT2D eigenvalue weighted by molar-refractivity contribution is 6.04. The number of carbonyl (C=O) groups is 2. The number of hydrogen-bond acceptors (Lipinski definition) is 7. The summed E-state index contributed by atoms with van der Waals surface area (Å²) in [5.74, 6) is -0.517. The number of amides is 2. The summed E-state index contributed by atoms with van der Waals surface area (Å²) in [6.45, 7) is 7.44. The monoisotopic (exact) mass is 518 g/mol. The third kappa shape index (κ3) is 8.87. The molecule has 1 aliphatic heterocycles. The molecule has 2 amide bonds. The van der Waals surface area contributed by atoms with Gasteiger partial charge in [0.1, 0.15) is 5.75 Å². The summed E-state index contributed by atoms with van der Waals surface area (Å²) in [7, 11) is 3.09. The number of methoxy groups -OCH3 is 2. The first kappa shape index (κ1) is 30.3. The van der Waals surface area contributed by atoms with Crippen molar-refractivity contribution in [2.45, 2.75) is 77.8 Å². The topological polar surface area (TPSA) is 140 Å². The Hall–Kier alpha value is -2.88. The lowest BCUT2D eigenvalue weighted by Gasteiger charge is -2.30. The Balaban J connectivity index is 2.47. The summed E-state index contributed by atoms with van der Waals surface area (Å²) < 4.78 is 16.7. The number of benzene rings is 1. The molecule has 0 aliphatic carbocycles. The van der Waals surface area contributed by atoms with Gasteiger partial charge >= 0.3 is 6.09 Å². The lowest BCUT2D eigenvalue weighted by atomic mass is 9.88. The molecular weight excluding hydrogens is 476 g/mol. The Morgan fingerprint density at radius 1 is 1.14 bits per heavy atom. The van der Waals surface area contributed by atoms with E-state index in [0.717, 1.165) is 5.56 Å². The average molecular weight is 519 g/mol. The second-order valence-corrected chi connectivity index (χ2v) is 9.98. The van der Waals surface area contributed by atoms with Gasteiger partial charge in [-0.25, -0.2) is 4.79 Å². The molecule has 1 aliphatic rings. The summed E-state index contributed by atoms with van der Waals surface area (Å²) >= 11 is 0. The predicted octanol–water partition coefficient (Wildman–Crippen LogP) is 4.08. The van der Waals surface area contributed by atoms with Gasteiger partial charge < -0.3 is 35.5 Å². The number of phenolic OH excluding ortho intramolecular Hbond substituents is 1. The Morgan fingerprint density at radius 3 is 2.43 bits per heavy atom. The predicted molar refractivity (Wildman–Crippen MR) is 142 cm³/mol. The summed E-state index contributed by atoms with van der Waals surface area (Å²) in [6, 6.07) is 5.16. The molecule has 6 atom stereocenters. The molecule has 9 nitrogen and oxygen atoms in total. The fourth-order valence-corrected chi connectivity index (χ4v) is 4.77. The number of nitrogens with one attached hydrogen (secondary N) is 1. The molecule has 1 heterocycles. The van der Waals surface area contributed by atoms with Gasteiger partial charge in [-0.3, -0.25) is 4.79 Å². The second-order valence-electron chi connectivity index (χ2n) is 9.98. The normalized spacial score (nSPS) is 28.6. The Labute approximate surface area is 219 Å². The van der Waals surface area contributed by atoms with Crippen LogP contribution in [0.1, 0.15) is 52.5 Å². The molecule has 37 heavy (non-hydrogen) atoms. The van der Waals surface area contributed by atoms with E-state index in [1.807, 2.05) is 26.0 Å². The van der Waals surface area contributed by atoms with Crippen LogP contribution < -0.4 is 11.1 Å². The highest BCUT2D eigenvalue weighted by atomic mass is 16.6. The first-order chi connectivity index (χ1) is 17.5. The number of primary amides is 1. The smallest absolute Gasteiger partial charge is 0.405 e. The number of aliphatic hydroxyl groups excluding tert-OH is 1. The Morgan fingerprint density at radius 2 is 1.81 bits per heavy atom. The number of aromatic hydroxyl groups is 1. The first-order valence-corrected chi connectivity index (χ1v) is 12.6. The number of allylic oxidation sites excluding steroid dienone is 1. The molecule has 5 N–H and O–H groups in total. The summed E-state index contributed by atoms with van der Waals surface area (Å²) in [5.41, 5.74) is 7.81. The molecule has 206 valence electrons. The summed E-state index contributed by atoms with van der Waals surface area (Å²) in [5, 5.41) is 24.2. The first-order valence-electron chi connectivity index (χ1n) is 12.6. The van der Waals surface area contributed by atoms with Crippen molar-refractivity contribution in [1.82, 2.24) is 0 Å². The van der Waals surface area contributed by atoms with Gasteiger partial charge in [0.15, 0.2) is 6.10 Å². The molecular formula is C28H42N2O7. The molecule has 9 heteroatoms. The molecule has 0 spiro atoms. The fourth-order valence-electron chi connectivity index (χ4n) is 4.77. The third-order valence-electron chi connectivity index (χ3n) is 6.87. The van der Waals surface area contributed by atoms with E-state index in [4.69, 9.17) is 19.9 Å². The van der Waals surface area contributed by atoms with Gasteiger partial charge in [0.2, 0.25) is 0 Å². The molecule has 2 rings (SSSR count). The van der Waals surface area contributed by atoms with Crippen molar-refractivity contribution in [2.75, 3.05) is 19.5 Å². The highest BCUT2D eigenvalue weighted by Crippen LogP contribution is 2.29. The van der Waals surface area contributed by atoms with Crippen molar-refractivity contribution in [3.63, 3.8) is 0 Å². The minimum atomic E-state index is -0.928. The second kappa shape index (κ2) is 14.2. The van der Waals surface area contributed by atoms with Gasteiger partial charge in [-0.2, -0.15) is 0 Å². The summed E-state index contributed by atoms with van der Waals surface area (Å²) in [6.07, 6.45) is 2.33. The lowest BCUT2D eigenvalue weighted by molar-refractivity contribution is -0.112. The van der Waals surface area contributed by atoms with E-state index < -0.39 is 30.5 Å². The maximum Gasteiger partial charge on any atom is 0.405 e. The molecule has 0 saturated heterocycles. The Kier molecular flexibility index (Phi) is 11.6. The van der Waals surface area contributed by atoms with Gasteiger partial charge in [0.05, 0.1) is 24.0 Å². The largest absolute Gasteiger partial charge is 0.506 e. The molecule has 0 saturated carbocycles. The zero-order chi connectivity index (χ0) is 27.7. The van der Waals surface area contributed by atoms with Crippen molar-refractivity contribution in [2.24, 2.45) is 17.6 Å².